The van der Waals surface area contributed by atoms with E-state index in [2.05, 4.69) is 271 Å². The molecule has 2 aliphatic rings. The number of aryl methyl sites for hydroxylation is 3. The lowest BCUT2D eigenvalue weighted by atomic mass is 9.87. The van der Waals surface area contributed by atoms with Gasteiger partial charge in [0.25, 0.3) is 0 Å². The molecule has 12 aromatic rings. The summed E-state index contributed by atoms with van der Waals surface area (Å²) >= 11 is 1.77. The maximum absolute atomic E-state index is 13.5. The van der Waals surface area contributed by atoms with Gasteiger partial charge >= 0.3 is 0 Å². The van der Waals surface area contributed by atoms with Gasteiger partial charge in [0.1, 0.15) is 24.8 Å². The molecular weight excluding hydrogens is 1630 g/mol. The van der Waals surface area contributed by atoms with E-state index in [1.54, 1.807) is 49.2 Å². The molecule has 0 spiro atoms. The minimum Gasteiger partial charge on any atom is -0.497 e. The van der Waals surface area contributed by atoms with Gasteiger partial charge in [-0.05, 0) is 240 Å². The normalized spacial score (nSPS) is 13.0. The van der Waals surface area contributed by atoms with Crippen molar-refractivity contribution in [1.29, 1.82) is 0 Å². The molecule has 0 radical (unpaired) electrons. The van der Waals surface area contributed by atoms with Crippen molar-refractivity contribution in [3.05, 3.63) is 332 Å². The molecule has 14 nitrogen and oxygen atoms in total. The first-order chi connectivity index (χ1) is 61.6. The number of pyridine rings is 7. The summed E-state index contributed by atoms with van der Waals surface area (Å²) in [5, 5.41) is 2.09. The highest BCUT2D eigenvalue weighted by atomic mass is 32.1. The quantitative estimate of drug-likeness (QED) is 0.0563. The molecule has 8 heterocycles. The SMILES string of the molecule is CC(C)(C)c1ccnc(CCc2ccccc2)c1.CC(C)(C)c1ccnc(OCC2CCCC2)c1.CC(C)(C)c1ccnc(OCC2CCCCC2)c1.CC(C)(C)c1ccnc(OCCc2ccccc2F)c1.CC(C)(C)c1ccnc(OCCc2cccs2)c1.CC(C)(C)c1ccnc(OCc2ccccc2)c1.COc1cc(C)cc(COc2cc(C(C)(C)C)ccn2)c1. The van der Waals surface area contributed by atoms with E-state index in [1.807, 2.05) is 129 Å². The third-order valence-corrected chi connectivity index (χ3v) is 23.6. The Kier molecular flexibility index (Phi) is 41.1. The number of methoxy groups -OCH3 is 1. The summed E-state index contributed by atoms with van der Waals surface area (Å²) in [4.78, 5) is 31.4. The van der Waals surface area contributed by atoms with Gasteiger partial charge in [0.15, 0.2) is 0 Å². The summed E-state index contributed by atoms with van der Waals surface area (Å²) in [6.07, 6.45) is 28.5. The van der Waals surface area contributed by atoms with Crippen LogP contribution < -0.4 is 33.2 Å². The third-order valence-electron chi connectivity index (χ3n) is 22.7. The van der Waals surface area contributed by atoms with Crippen LogP contribution in [-0.4, -0.2) is 68.4 Å². The highest BCUT2D eigenvalue weighted by molar-refractivity contribution is 7.09. The van der Waals surface area contributed by atoms with Gasteiger partial charge in [-0.3, -0.25) is 4.98 Å². The number of halogens is 1. The molecule has 16 heteroatoms. The Morgan fingerprint density at radius 3 is 1.05 bits per heavy atom. The van der Waals surface area contributed by atoms with E-state index in [0.29, 0.717) is 56.1 Å². The Hall–Kier alpha value is -10.8. The zero-order chi connectivity index (χ0) is 94.4. The Labute approximate surface area is 784 Å². The molecule has 0 saturated heterocycles. The Bertz CT molecular complexity index is 5140. The predicted octanol–water partition coefficient (Wildman–Crippen LogP) is 28.9. The van der Waals surface area contributed by atoms with Crippen LogP contribution in [0.15, 0.2) is 249 Å². The molecule has 0 amide bonds. The second-order valence-corrected chi connectivity index (χ2v) is 42.2. The number of hydrogen-bond acceptors (Lipinski definition) is 15. The number of nitrogens with zero attached hydrogens (tertiary/aromatic N) is 7. The number of rotatable bonds is 24. The van der Waals surface area contributed by atoms with Crippen LogP contribution in [0.4, 0.5) is 4.39 Å². The van der Waals surface area contributed by atoms with E-state index >= 15 is 0 Å². The molecular formula is C114H150FN7O7S. The summed E-state index contributed by atoms with van der Waals surface area (Å²) in [6, 6.07) is 66.5. The molecule has 4 aromatic carbocycles. The number of aromatic nitrogens is 7. The van der Waals surface area contributed by atoms with Crippen LogP contribution in [0.5, 0.6) is 41.0 Å². The van der Waals surface area contributed by atoms with Gasteiger partial charge < -0.3 is 33.2 Å². The first-order valence-corrected chi connectivity index (χ1v) is 47.5. The first-order valence-electron chi connectivity index (χ1n) is 46.6. The fourth-order valence-electron chi connectivity index (χ4n) is 14.3. The molecule has 0 atom stereocenters. The number of ether oxygens (including phenoxy) is 7. The average Bonchev–Trinajstić information content (AvgIpc) is 0.991. The summed E-state index contributed by atoms with van der Waals surface area (Å²) < 4.78 is 53.3. The fourth-order valence-corrected chi connectivity index (χ4v) is 14.9. The van der Waals surface area contributed by atoms with Crippen LogP contribution in [-0.2, 0) is 76.8 Å². The van der Waals surface area contributed by atoms with Gasteiger partial charge in [0, 0.05) is 103 Å². The smallest absolute Gasteiger partial charge is 0.213 e. The standard InChI is InChI=1S/C18H23NO2.C17H20FNO.C17H21N.C16H25NO.C16H19NO.C15H19NOS.C15H23NO/c1-13-8-14(10-16(9-13)20-5)12-21-17-11-15(6-7-19-17)18(2,3)4;1-17(2,3)14-8-10-19-16(12-14)20-11-9-13-6-4-5-7-15(13)18;1-17(2,3)15-11-12-18-16(13-15)10-9-14-7-5-4-6-8-14;2*1-16(2,3)14-9-10-17-15(11-14)18-12-13-7-5-4-6-8-13;1-15(2,3)12-6-8-16-14(11-12)17-9-7-13-5-4-10-18-13;1-15(2,3)13-8-9-16-14(10-13)17-11-12-6-4-5-7-12/h6-11H,12H2,1-5H3;4-8,10,12H,9,11H2,1-3H3;4-8,11-13H,9-10H2,1-3H3;9-11,13H,4-8,12H2,1-3H3;4-11H,12H2,1-3H3;4-6,8,10-11H,7,9H2,1-3H3;8-10,12H,4-7,11H2,1-3H3. The van der Waals surface area contributed by atoms with Crippen molar-refractivity contribution in [3.63, 3.8) is 0 Å². The van der Waals surface area contributed by atoms with Crippen molar-refractivity contribution in [2.45, 2.75) is 287 Å². The Morgan fingerprint density at radius 2 is 0.662 bits per heavy atom. The second kappa shape index (κ2) is 51.1. The zero-order valence-electron chi connectivity index (χ0n) is 82.5. The van der Waals surface area contributed by atoms with E-state index in [9.17, 15) is 4.39 Å². The average molecular weight is 1780 g/mol. The summed E-state index contributed by atoms with van der Waals surface area (Å²) in [5.74, 6) is 6.37. The molecule has 0 aliphatic heterocycles. The van der Waals surface area contributed by atoms with Crippen LogP contribution >= 0.6 is 11.3 Å². The second-order valence-electron chi connectivity index (χ2n) is 41.1. The monoisotopic (exact) mass is 1780 g/mol. The van der Waals surface area contributed by atoms with Crippen molar-refractivity contribution in [1.82, 2.24) is 34.9 Å². The van der Waals surface area contributed by atoms with Gasteiger partial charge in [0.2, 0.25) is 35.3 Å². The largest absolute Gasteiger partial charge is 0.497 e. The lowest BCUT2D eigenvalue weighted by Crippen LogP contribution is -2.16. The minimum absolute atomic E-state index is 0.0621. The fraction of sp³-hybridized carbons (Fsp3) is 0.447. The van der Waals surface area contributed by atoms with Crippen LogP contribution in [0.2, 0.25) is 0 Å². The van der Waals surface area contributed by atoms with Crippen LogP contribution in [0.3, 0.4) is 0 Å². The maximum atomic E-state index is 13.5. The van der Waals surface area contributed by atoms with Crippen molar-refractivity contribution in [3.8, 4) is 41.0 Å². The van der Waals surface area contributed by atoms with E-state index in [-0.39, 0.29) is 43.7 Å². The van der Waals surface area contributed by atoms with Crippen LogP contribution in [0.1, 0.15) is 281 Å². The molecule has 130 heavy (non-hydrogen) atoms. The van der Waals surface area contributed by atoms with Crippen molar-refractivity contribution in [2.75, 3.05) is 33.5 Å². The highest BCUT2D eigenvalue weighted by Crippen LogP contribution is 2.34. The molecule has 2 aliphatic carbocycles. The molecule has 0 N–H and O–H groups in total. The molecule has 2 saturated carbocycles. The Morgan fingerprint density at radius 1 is 0.315 bits per heavy atom. The lowest BCUT2D eigenvalue weighted by Gasteiger charge is -2.22. The molecule has 696 valence electrons. The van der Waals surface area contributed by atoms with E-state index in [0.717, 1.165) is 84.4 Å². The van der Waals surface area contributed by atoms with Crippen molar-refractivity contribution < 1.29 is 37.5 Å². The Balaban J connectivity index is 0.000000187. The van der Waals surface area contributed by atoms with Gasteiger partial charge in [-0.2, -0.15) is 0 Å². The molecule has 0 bridgehead atoms. The van der Waals surface area contributed by atoms with E-state index < -0.39 is 0 Å². The third kappa shape index (κ3) is 39.1. The van der Waals surface area contributed by atoms with Gasteiger partial charge in [0.05, 0.1) is 33.5 Å². The summed E-state index contributed by atoms with van der Waals surface area (Å²) in [7, 11) is 1.67. The first kappa shape index (κ1) is 105. The van der Waals surface area contributed by atoms with Crippen molar-refractivity contribution >= 4 is 11.3 Å². The molecule has 0 unspecified atom stereocenters. The van der Waals surface area contributed by atoms with Gasteiger partial charge in [-0.25, -0.2) is 34.3 Å². The van der Waals surface area contributed by atoms with Gasteiger partial charge in [-0.15, -0.1) is 11.3 Å². The molecule has 2 fully saturated rings. The number of thiophene rings is 1. The van der Waals surface area contributed by atoms with Crippen LogP contribution in [0, 0.1) is 24.6 Å². The van der Waals surface area contributed by atoms with E-state index in [1.165, 1.54) is 119 Å². The lowest BCUT2D eigenvalue weighted by molar-refractivity contribution is 0.202. The predicted molar refractivity (Wildman–Crippen MR) is 536 cm³/mol. The number of hydrogen-bond donors (Lipinski definition) is 0. The summed E-state index contributed by atoms with van der Waals surface area (Å²) in [6.45, 7) is 51.9. The zero-order valence-corrected chi connectivity index (χ0v) is 83.4. The maximum Gasteiger partial charge on any atom is 0.213 e. The van der Waals surface area contributed by atoms with Gasteiger partial charge in [-0.1, -0.05) is 268 Å². The topological polar surface area (TPSA) is 155 Å². The van der Waals surface area contributed by atoms with Crippen molar-refractivity contribution in [2.24, 2.45) is 11.8 Å². The number of benzene rings is 4. The molecule has 14 rings (SSSR count). The molecule has 8 aromatic heterocycles. The highest BCUT2D eigenvalue weighted by Gasteiger charge is 2.23. The minimum atomic E-state index is -0.187. The van der Waals surface area contributed by atoms with E-state index in [4.69, 9.17) is 33.2 Å². The van der Waals surface area contributed by atoms with Crippen LogP contribution in [0.25, 0.3) is 0 Å². The summed E-state index contributed by atoms with van der Waals surface area (Å²) in [5.41, 5.74) is 16.4.